The van der Waals surface area contributed by atoms with Gasteiger partial charge in [0, 0.05) is 48.1 Å². The van der Waals surface area contributed by atoms with E-state index < -0.39 is 0 Å². The zero-order chi connectivity index (χ0) is 20.4. The van der Waals surface area contributed by atoms with Gasteiger partial charge >= 0.3 is 0 Å². The van der Waals surface area contributed by atoms with E-state index in [4.69, 9.17) is 10.5 Å². The number of carbonyl (C=O) groups is 1. The Labute approximate surface area is 178 Å². The highest BCUT2D eigenvalue weighted by atomic mass is 79.9. The number of hydrogen-bond donors (Lipinski definition) is 1. The summed E-state index contributed by atoms with van der Waals surface area (Å²) in [5.74, 6) is 1.34. The maximum Gasteiger partial charge on any atom is 0.253 e. The summed E-state index contributed by atoms with van der Waals surface area (Å²) in [4.78, 5) is 21.5. The van der Waals surface area contributed by atoms with Crippen LogP contribution in [0.3, 0.4) is 0 Å². The van der Waals surface area contributed by atoms with Crippen molar-refractivity contribution in [3.63, 3.8) is 0 Å². The van der Waals surface area contributed by atoms with Crippen LogP contribution in [0.15, 0.2) is 53.0 Å². The minimum atomic E-state index is 0.0655. The molecule has 0 spiro atoms. The summed E-state index contributed by atoms with van der Waals surface area (Å²) in [7, 11) is 1.62. The SMILES string of the molecule is COc1ccc(C(=O)N2CCN(Cc3cc(N)nc4cc(Br)ccc34)CC2)cc1. The van der Waals surface area contributed by atoms with E-state index in [1.54, 1.807) is 7.11 Å². The molecule has 1 fully saturated rings. The number of rotatable bonds is 4. The molecular weight excluding hydrogens is 432 g/mol. The van der Waals surface area contributed by atoms with Gasteiger partial charge in [-0.15, -0.1) is 0 Å². The number of hydrogen-bond acceptors (Lipinski definition) is 5. The standard InChI is InChI=1S/C22H23BrN4O2/c1-29-18-5-2-15(3-6-18)22(28)27-10-8-26(9-11-27)14-16-12-21(24)25-20-13-17(23)4-7-19(16)20/h2-7,12-13H,8-11,14H2,1H3,(H2,24,25). The lowest BCUT2D eigenvalue weighted by Crippen LogP contribution is -2.48. The minimum absolute atomic E-state index is 0.0655. The van der Waals surface area contributed by atoms with Crippen molar-refractivity contribution in [1.29, 1.82) is 0 Å². The number of anilines is 1. The quantitative estimate of drug-likeness (QED) is 0.652. The average Bonchev–Trinajstić information content (AvgIpc) is 2.73. The fourth-order valence-corrected chi connectivity index (χ4v) is 4.04. The van der Waals surface area contributed by atoms with Gasteiger partial charge in [0.25, 0.3) is 5.91 Å². The van der Waals surface area contributed by atoms with Crippen molar-refractivity contribution in [3.8, 4) is 5.75 Å². The monoisotopic (exact) mass is 454 g/mol. The summed E-state index contributed by atoms with van der Waals surface area (Å²) >= 11 is 3.49. The Kier molecular flexibility index (Phi) is 5.69. The maximum atomic E-state index is 12.8. The van der Waals surface area contributed by atoms with E-state index in [9.17, 15) is 4.79 Å². The second kappa shape index (κ2) is 8.39. The van der Waals surface area contributed by atoms with Crippen LogP contribution in [0.4, 0.5) is 5.82 Å². The number of fused-ring (bicyclic) bond motifs is 1. The Balaban J connectivity index is 1.42. The topological polar surface area (TPSA) is 71.7 Å². The third kappa shape index (κ3) is 4.36. The van der Waals surface area contributed by atoms with Gasteiger partial charge in [0.2, 0.25) is 0 Å². The molecule has 0 aliphatic carbocycles. The van der Waals surface area contributed by atoms with Crippen LogP contribution in [0.25, 0.3) is 10.9 Å². The second-order valence-corrected chi connectivity index (χ2v) is 8.08. The van der Waals surface area contributed by atoms with E-state index >= 15 is 0 Å². The number of amides is 1. The van der Waals surface area contributed by atoms with Gasteiger partial charge < -0.3 is 15.4 Å². The lowest BCUT2D eigenvalue weighted by molar-refractivity contribution is 0.0629. The van der Waals surface area contributed by atoms with Gasteiger partial charge in [-0.05, 0) is 48.0 Å². The molecule has 1 aliphatic rings. The molecule has 2 aromatic carbocycles. The molecule has 2 N–H and O–H groups in total. The van der Waals surface area contributed by atoms with Gasteiger partial charge in [0.1, 0.15) is 11.6 Å². The zero-order valence-electron chi connectivity index (χ0n) is 16.3. The highest BCUT2D eigenvalue weighted by molar-refractivity contribution is 9.10. The van der Waals surface area contributed by atoms with Crippen LogP contribution in [0.2, 0.25) is 0 Å². The Bertz CT molecular complexity index is 1030. The molecule has 4 rings (SSSR count). The number of benzene rings is 2. The van der Waals surface area contributed by atoms with Crippen molar-refractivity contribution in [2.24, 2.45) is 0 Å². The molecule has 3 aromatic rings. The molecule has 0 saturated carbocycles. The number of pyridine rings is 1. The molecule has 6 nitrogen and oxygen atoms in total. The molecule has 150 valence electrons. The highest BCUT2D eigenvalue weighted by Crippen LogP contribution is 2.25. The summed E-state index contributed by atoms with van der Waals surface area (Å²) in [6.07, 6.45) is 0. The molecule has 2 heterocycles. The van der Waals surface area contributed by atoms with Gasteiger partial charge in [-0.25, -0.2) is 4.98 Å². The van der Waals surface area contributed by atoms with E-state index in [-0.39, 0.29) is 5.91 Å². The van der Waals surface area contributed by atoms with E-state index in [0.717, 1.165) is 46.3 Å². The number of carbonyl (C=O) groups excluding carboxylic acids is 1. The summed E-state index contributed by atoms with van der Waals surface area (Å²) < 4.78 is 6.15. The Hall–Kier alpha value is -2.64. The molecule has 0 radical (unpaired) electrons. The molecule has 1 amide bonds. The molecule has 1 aromatic heterocycles. The van der Waals surface area contributed by atoms with E-state index in [0.29, 0.717) is 24.5 Å². The first-order valence-electron chi connectivity index (χ1n) is 9.54. The van der Waals surface area contributed by atoms with Crippen LogP contribution in [0.1, 0.15) is 15.9 Å². The Morgan fingerprint density at radius 1 is 1.10 bits per heavy atom. The molecule has 1 saturated heterocycles. The van der Waals surface area contributed by atoms with Crippen LogP contribution >= 0.6 is 15.9 Å². The summed E-state index contributed by atoms with van der Waals surface area (Å²) in [6, 6.07) is 15.3. The number of nitrogen functional groups attached to an aromatic ring is 1. The number of ether oxygens (including phenoxy) is 1. The molecule has 0 atom stereocenters. The largest absolute Gasteiger partial charge is 0.497 e. The van der Waals surface area contributed by atoms with Gasteiger partial charge in [-0.2, -0.15) is 0 Å². The van der Waals surface area contributed by atoms with Crippen LogP contribution in [0, 0.1) is 0 Å². The van der Waals surface area contributed by atoms with Gasteiger partial charge in [0.05, 0.1) is 12.6 Å². The van der Waals surface area contributed by atoms with E-state index in [1.165, 1.54) is 0 Å². The first-order chi connectivity index (χ1) is 14.0. The molecule has 1 aliphatic heterocycles. The van der Waals surface area contributed by atoms with Crippen molar-refractivity contribution in [1.82, 2.24) is 14.8 Å². The summed E-state index contributed by atoms with van der Waals surface area (Å²) in [5.41, 5.74) is 8.77. The average molecular weight is 455 g/mol. The Morgan fingerprint density at radius 2 is 1.83 bits per heavy atom. The molecule has 0 bridgehead atoms. The fraction of sp³-hybridized carbons (Fsp3) is 0.273. The van der Waals surface area contributed by atoms with Crippen LogP contribution in [-0.4, -0.2) is 54.0 Å². The van der Waals surface area contributed by atoms with Gasteiger partial charge in [-0.3, -0.25) is 9.69 Å². The minimum Gasteiger partial charge on any atom is -0.497 e. The third-order valence-electron chi connectivity index (χ3n) is 5.27. The number of nitrogens with zero attached hydrogens (tertiary/aromatic N) is 3. The van der Waals surface area contributed by atoms with Crippen molar-refractivity contribution in [2.75, 3.05) is 39.0 Å². The number of aromatic nitrogens is 1. The van der Waals surface area contributed by atoms with Gasteiger partial charge in [-0.1, -0.05) is 22.0 Å². The van der Waals surface area contributed by atoms with Crippen LogP contribution < -0.4 is 10.5 Å². The molecule has 7 heteroatoms. The zero-order valence-corrected chi connectivity index (χ0v) is 17.9. The first kappa shape index (κ1) is 19.7. The predicted molar refractivity (Wildman–Crippen MR) is 118 cm³/mol. The number of nitrogens with two attached hydrogens (primary N) is 1. The lowest BCUT2D eigenvalue weighted by atomic mass is 10.1. The van der Waals surface area contributed by atoms with Crippen molar-refractivity contribution in [3.05, 3.63) is 64.1 Å². The predicted octanol–water partition coefficient (Wildman–Crippen LogP) is 3.55. The van der Waals surface area contributed by atoms with E-state index in [1.807, 2.05) is 47.4 Å². The number of methoxy groups -OCH3 is 1. The molecular formula is C22H23BrN4O2. The van der Waals surface area contributed by atoms with Crippen LogP contribution in [-0.2, 0) is 6.54 Å². The van der Waals surface area contributed by atoms with Crippen molar-refractivity contribution in [2.45, 2.75) is 6.54 Å². The summed E-state index contributed by atoms with van der Waals surface area (Å²) in [5, 5.41) is 1.11. The fourth-order valence-electron chi connectivity index (χ4n) is 3.69. The Morgan fingerprint density at radius 3 is 2.52 bits per heavy atom. The third-order valence-corrected chi connectivity index (χ3v) is 5.76. The second-order valence-electron chi connectivity index (χ2n) is 7.16. The highest BCUT2D eigenvalue weighted by Gasteiger charge is 2.22. The smallest absolute Gasteiger partial charge is 0.253 e. The number of piperazine rings is 1. The van der Waals surface area contributed by atoms with Gasteiger partial charge in [0.15, 0.2) is 0 Å². The summed E-state index contributed by atoms with van der Waals surface area (Å²) in [6.45, 7) is 3.84. The maximum absolute atomic E-state index is 12.8. The number of halogens is 1. The van der Waals surface area contributed by atoms with Crippen molar-refractivity contribution < 1.29 is 9.53 Å². The van der Waals surface area contributed by atoms with E-state index in [2.05, 4.69) is 31.9 Å². The normalized spacial score (nSPS) is 14.9. The molecule has 0 unspecified atom stereocenters. The van der Waals surface area contributed by atoms with Crippen molar-refractivity contribution >= 4 is 38.6 Å². The first-order valence-corrected chi connectivity index (χ1v) is 10.3. The van der Waals surface area contributed by atoms with Crippen LogP contribution in [0.5, 0.6) is 5.75 Å². The molecule has 29 heavy (non-hydrogen) atoms. The lowest BCUT2D eigenvalue weighted by Gasteiger charge is -2.35.